The minimum absolute atomic E-state index is 0.0798. The number of halogens is 1. The van der Waals surface area contributed by atoms with E-state index in [-0.39, 0.29) is 24.5 Å². The Morgan fingerprint density at radius 2 is 1.94 bits per heavy atom. The maximum atomic E-state index is 13.2. The monoisotopic (exact) mass is 439 g/mol. The number of piperidine rings is 3. The molecule has 2 bridgehead atoms. The summed E-state index contributed by atoms with van der Waals surface area (Å²) in [6, 6.07) is 13.5. The van der Waals surface area contributed by atoms with Gasteiger partial charge in [-0.3, -0.25) is 9.59 Å². The second-order valence-corrected chi connectivity index (χ2v) is 9.03. The smallest absolute Gasteiger partial charge is 0.265 e. The third-order valence-electron chi connectivity index (χ3n) is 6.65. The van der Waals surface area contributed by atoms with E-state index in [4.69, 9.17) is 16.3 Å². The molecule has 0 radical (unpaired) electrons. The molecule has 2 aromatic carbocycles. The second kappa shape index (κ2) is 8.52. The fraction of sp³-hybridized carbons (Fsp3) is 0.417. The van der Waals surface area contributed by atoms with Crippen LogP contribution < -0.4 is 15.0 Å². The first-order valence-corrected chi connectivity index (χ1v) is 11.3. The van der Waals surface area contributed by atoms with E-state index in [0.717, 1.165) is 38.0 Å². The number of rotatable bonds is 5. The van der Waals surface area contributed by atoms with Crippen LogP contribution in [0.4, 0.5) is 5.69 Å². The van der Waals surface area contributed by atoms with Crippen molar-refractivity contribution in [2.45, 2.75) is 25.3 Å². The average molecular weight is 440 g/mol. The van der Waals surface area contributed by atoms with Gasteiger partial charge in [0.25, 0.3) is 11.8 Å². The van der Waals surface area contributed by atoms with E-state index in [1.165, 1.54) is 0 Å². The van der Waals surface area contributed by atoms with Gasteiger partial charge < -0.3 is 19.9 Å². The Morgan fingerprint density at radius 1 is 1.16 bits per heavy atom. The van der Waals surface area contributed by atoms with Gasteiger partial charge in [-0.2, -0.15) is 0 Å². The first kappa shape index (κ1) is 20.3. The Morgan fingerprint density at radius 3 is 2.65 bits per heavy atom. The number of hydrogen-bond acceptors (Lipinski definition) is 4. The van der Waals surface area contributed by atoms with Crippen LogP contribution >= 0.6 is 11.6 Å². The molecule has 2 aromatic rings. The van der Waals surface area contributed by atoms with Gasteiger partial charge in [0.2, 0.25) is 0 Å². The van der Waals surface area contributed by atoms with Crippen molar-refractivity contribution in [2.24, 2.45) is 5.92 Å². The van der Waals surface area contributed by atoms with Crippen LogP contribution in [-0.4, -0.2) is 55.5 Å². The summed E-state index contributed by atoms with van der Waals surface area (Å²) < 4.78 is 5.76. The highest BCUT2D eigenvalue weighted by molar-refractivity contribution is 6.31. The van der Waals surface area contributed by atoms with E-state index >= 15 is 0 Å². The van der Waals surface area contributed by atoms with Crippen molar-refractivity contribution in [1.82, 2.24) is 10.2 Å². The minimum Gasteiger partial charge on any atom is -0.481 e. The minimum atomic E-state index is -0.185. The molecular formula is C24H26ClN3O3. The summed E-state index contributed by atoms with van der Waals surface area (Å²) in [6.45, 7) is 3.54. The van der Waals surface area contributed by atoms with Gasteiger partial charge in [0.1, 0.15) is 0 Å². The molecule has 0 spiro atoms. The summed E-state index contributed by atoms with van der Waals surface area (Å²) in [5.41, 5.74) is 2.11. The van der Waals surface area contributed by atoms with Crippen molar-refractivity contribution >= 4 is 29.1 Å². The number of carbonyl (C=O) groups is 2. The summed E-state index contributed by atoms with van der Waals surface area (Å²) in [5.74, 6) is 0.647. The molecule has 1 unspecified atom stereocenters. The van der Waals surface area contributed by atoms with E-state index in [0.29, 0.717) is 40.9 Å². The summed E-state index contributed by atoms with van der Waals surface area (Å²) >= 11 is 6.38. The number of nitrogens with zero attached hydrogens (tertiary/aromatic N) is 2. The van der Waals surface area contributed by atoms with Crippen molar-refractivity contribution < 1.29 is 14.3 Å². The Hall–Kier alpha value is -2.57. The number of benzene rings is 2. The molecule has 6 rings (SSSR count). The predicted molar refractivity (Wildman–Crippen MR) is 120 cm³/mol. The molecule has 31 heavy (non-hydrogen) atoms. The number of fused-ring (bicyclic) bond motifs is 4. The molecule has 4 aliphatic heterocycles. The van der Waals surface area contributed by atoms with Crippen LogP contribution in [0.25, 0.3) is 0 Å². The van der Waals surface area contributed by atoms with E-state index < -0.39 is 0 Å². The normalized spacial score (nSPS) is 24.5. The number of ether oxygens (including phenoxy) is 1. The molecule has 0 saturated carbocycles. The molecule has 3 fully saturated rings. The number of hydrogen-bond donors (Lipinski definition) is 1. The van der Waals surface area contributed by atoms with Gasteiger partial charge >= 0.3 is 0 Å². The summed E-state index contributed by atoms with van der Waals surface area (Å²) in [7, 11) is 0. The van der Waals surface area contributed by atoms with Crippen LogP contribution in [0.15, 0.2) is 42.5 Å². The molecule has 0 aliphatic carbocycles. The van der Waals surface area contributed by atoms with Crippen molar-refractivity contribution in [1.29, 1.82) is 0 Å². The van der Waals surface area contributed by atoms with Crippen molar-refractivity contribution in [3.05, 3.63) is 58.6 Å². The molecule has 1 N–H and O–H groups in total. The van der Waals surface area contributed by atoms with E-state index in [1.807, 2.05) is 30.3 Å². The van der Waals surface area contributed by atoms with Gasteiger partial charge in [-0.15, -0.1) is 0 Å². The highest BCUT2D eigenvalue weighted by atomic mass is 35.5. The SMILES string of the molecule is O=C(NC1CN2CCC1CC2)c1cc(Cl)cc2c1OCC(=O)N2CCc1ccccc1. The topological polar surface area (TPSA) is 61.9 Å². The highest BCUT2D eigenvalue weighted by Gasteiger charge is 2.36. The van der Waals surface area contributed by atoms with Gasteiger partial charge in [0.05, 0.1) is 11.3 Å². The van der Waals surface area contributed by atoms with Gasteiger partial charge in [-0.25, -0.2) is 0 Å². The van der Waals surface area contributed by atoms with Crippen LogP contribution in [0.2, 0.25) is 5.02 Å². The zero-order valence-electron chi connectivity index (χ0n) is 17.4. The maximum absolute atomic E-state index is 13.2. The van der Waals surface area contributed by atoms with Crippen LogP contribution in [-0.2, 0) is 11.2 Å². The summed E-state index contributed by atoms with van der Waals surface area (Å²) in [6.07, 6.45) is 2.95. The van der Waals surface area contributed by atoms with E-state index in [2.05, 4.69) is 10.2 Å². The molecule has 2 amide bonds. The molecule has 4 heterocycles. The van der Waals surface area contributed by atoms with Gasteiger partial charge in [0.15, 0.2) is 12.4 Å². The Balaban J connectivity index is 1.38. The second-order valence-electron chi connectivity index (χ2n) is 8.59. The standard InChI is InChI=1S/C24H26ClN3O3/c25-18-12-19(24(30)26-20-14-27-9-7-17(20)8-10-27)23-21(13-18)28(22(29)15-31-23)11-6-16-4-2-1-3-5-16/h1-5,12-13,17,20H,6-11,14-15H2,(H,26,30). The van der Waals surface area contributed by atoms with Crippen LogP contribution in [0.5, 0.6) is 5.75 Å². The number of anilines is 1. The molecule has 162 valence electrons. The van der Waals surface area contributed by atoms with Crippen molar-refractivity contribution in [3.8, 4) is 5.75 Å². The van der Waals surface area contributed by atoms with Crippen molar-refractivity contribution in [3.63, 3.8) is 0 Å². The lowest BCUT2D eigenvalue weighted by atomic mass is 9.84. The molecule has 3 saturated heterocycles. The first-order chi connectivity index (χ1) is 15.1. The Bertz CT molecular complexity index is 989. The number of nitrogens with one attached hydrogen (secondary N) is 1. The molecule has 1 atom stereocenters. The largest absolute Gasteiger partial charge is 0.481 e. The molecular weight excluding hydrogens is 414 g/mol. The van der Waals surface area contributed by atoms with Crippen molar-refractivity contribution in [2.75, 3.05) is 37.7 Å². The quantitative estimate of drug-likeness (QED) is 0.777. The van der Waals surface area contributed by atoms with Crippen LogP contribution in [0.3, 0.4) is 0 Å². The van der Waals surface area contributed by atoms with E-state index in [1.54, 1.807) is 17.0 Å². The Labute approximate surface area is 187 Å². The highest BCUT2D eigenvalue weighted by Crippen LogP contribution is 2.39. The Kier molecular flexibility index (Phi) is 5.59. The van der Waals surface area contributed by atoms with E-state index in [9.17, 15) is 9.59 Å². The zero-order chi connectivity index (χ0) is 21.4. The lowest BCUT2D eigenvalue weighted by Crippen LogP contribution is -2.57. The maximum Gasteiger partial charge on any atom is 0.265 e. The number of carbonyl (C=O) groups excluding carboxylic acids is 2. The average Bonchev–Trinajstić information content (AvgIpc) is 2.79. The molecule has 6 nitrogen and oxygen atoms in total. The van der Waals surface area contributed by atoms with Crippen LogP contribution in [0, 0.1) is 5.92 Å². The summed E-state index contributed by atoms with van der Waals surface area (Å²) in [5, 5.41) is 3.62. The molecule has 4 aliphatic rings. The van der Waals surface area contributed by atoms with Crippen LogP contribution in [0.1, 0.15) is 28.8 Å². The third kappa shape index (κ3) is 4.14. The molecule has 0 aromatic heterocycles. The fourth-order valence-electron chi connectivity index (χ4n) is 4.95. The third-order valence-corrected chi connectivity index (χ3v) is 6.87. The number of amides is 2. The predicted octanol–water partition coefficient (Wildman–Crippen LogP) is 3.13. The zero-order valence-corrected chi connectivity index (χ0v) is 18.1. The summed E-state index contributed by atoms with van der Waals surface area (Å²) in [4.78, 5) is 29.9. The van der Waals surface area contributed by atoms with Gasteiger partial charge in [0, 0.05) is 24.2 Å². The first-order valence-electron chi connectivity index (χ1n) is 10.9. The van der Waals surface area contributed by atoms with Gasteiger partial charge in [-0.05, 0) is 56.0 Å². The van der Waals surface area contributed by atoms with Gasteiger partial charge in [-0.1, -0.05) is 41.9 Å². The fourth-order valence-corrected chi connectivity index (χ4v) is 5.16. The lowest BCUT2D eigenvalue weighted by Gasteiger charge is -2.45. The molecule has 7 heteroatoms. The lowest BCUT2D eigenvalue weighted by molar-refractivity contribution is -0.121.